The smallest absolute Gasteiger partial charge is 0.263 e. The van der Waals surface area contributed by atoms with Crippen molar-refractivity contribution in [2.75, 3.05) is 19.6 Å². The third-order valence-electron chi connectivity index (χ3n) is 4.74. The Balaban J connectivity index is 0.00000261. The molecule has 0 spiro atoms. The minimum Gasteiger partial charge on any atom is -0.338 e. The molecule has 0 saturated carbocycles. The molecule has 2 atom stereocenters. The van der Waals surface area contributed by atoms with E-state index in [1.165, 1.54) is 0 Å². The Bertz CT molecular complexity index is 807. The summed E-state index contributed by atoms with van der Waals surface area (Å²) in [6, 6.07) is 6.70. The molecule has 2 N–H and O–H groups in total. The third-order valence-corrected chi connectivity index (χ3v) is 6.14. The number of nitrogens with zero attached hydrogens (tertiary/aromatic N) is 2. The summed E-state index contributed by atoms with van der Waals surface area (Å²) in [6.45, 7) is 6.42. The first-order valence-corrected chi connectivity index (χ1v) is 10.6. The zero-order valence-electron chi connectivity index (χ0n) is 15.6. The molecular weight excluding hydrogens is 388 g/mol. The van der Waals surface area contributed by atoms with Gasteiger partial charge in [0.25, 0.3) is 10.0 Å². The molecule has 0 aromatic heterocycles. The number of benzene rings is 1. The van der Waals surface area contributed by atoms with Crippen molar-refractivity contribution in [3.8, 4) is 0 Å². The monoisotopic (exact) mass is 414 g/mol. The average Bonchev–Trinajstić information content (AvgIpc) is 3.20. The molecule has 0 radical (unpaired) electrons. The predicted molar refractivity (Wildman–Crippen MR) is 108 cm³/mol. The Morgan fingerprint density at radius 2 is 2.11 bits per heavy atom. The van der Waals surface area contributed by atoms with E-state index in [1.54, 1.807) is 24.3 Å². The number of amides is 1. The highest BCUT2D eigenvalue weighted by Crippen LogP contribution is 2.23. The van der Waals surface area contributed by atoms with E-state index in [-0.39, 0.29) is 41.7 Å². The molecule has 27 heavy (non-hydrogen) atoms. The molecule has 1 aromatic carbocycles. The van der Waals surface area contributed by atoms with Crippen molar-refractivity contribution in [3.05, 3.63) is 29.8 Å². The maximum atomic E-state index is 12.8. The molecule has 3 rings (SSSR count). The van der Waals surface area contributed by atoms with Crippen molar-refractivity contribution in [1.82, 2.24) is 14.9 Å². The van der Waals surface area contributed by atoms with Gasteiger partial charge >= 0.3 is 0 Å². The van der Waals surface area contributed by atoms with Crippen molar-refractivity contribution in [3.63, 3.8) is 0 Å². The fourth-order valence-electron chi connectivity index (χ4n) is 3.52. The van der Waals surface area contributed by atoms with Crippen molar-refractivity contribution in [2.45, 2.75) is 50.1 Å². The first-order chi connectivity index (χ1) is 12.4. The lowest BCUT2D eigenvalue weighted by molar-refractivity contribution is -0.133. The molecule has 1 saturated heterocycles. The van der Waals surface area contributed by atoms with Gasteiger partial charge in [-0.15, -0.1) is 12.4 Å². The number of carbonyl (C=O) groups excluding carboxylic acids is 1. The molecule has 1 aromatic rings. The lowest BCUT2D eigenvalue weighted by Crippen LogP contribution is -2.43. The molecule has 150 valence electrons. The van der Waals surface area contributed by atoms with Gasteiger partial charge in [0.15, 0.2) is 0 Å². The van der Waals surface area contributed by atoms with Crippen LogP contribution in [0.3, 0.4) is 0 Å². The molecule has 2 aliphatic rings. The Labute approximate surface area is 167 Å². The van der Waals surface area contributed by atoms with Crippen LogP contribution in [0.4, 0.5) is 0 Å². The number of hydrogen-bond acceptors (Lipinski definition) is 5. The van der Waals surface area contributed by atoms with Gasteiger partial charge in [-0.3, -0.25) is 14.5 Å². The molecule has 2 aliphatic heterocycles. The maximum Gasteiger partial charge on any atom is 0.263 e. The highest BCUT2D eigenvalue weighted by atomic mass is 35.5. The summed E-state index contributed by atoms with van der Waals surface area (Å²) < 4.78 is 26.8. The molecule has 2 unspecified atom stereocenters. The van der Waals surface area contributed by atoms with Gasteiger partial charge in [0, 0.05) is 31.1 Å². The molecule has 0 aliphatic carbocycles. The van der Waals surface area contributed by atoms with Crippen LogP contribution in [0.5, 0.6) is 0 Å². The SMILES string of the molecule is CCCN(C(=O)CC(C)N=C1NS(=O)(=O)c2ccccc21)C1CCNC1.Cl. The Kier molecular flexibility index (Phi) is 7.25. The number of nitrogens with one attached hydrogen (secondary N) is 2. The highest BCUT2D eigenvalue weighted by molar-refractivity contribution is 7.90. The summed E-state index contributed by atoms with van der Waals surface area (Å²) in [5.41, 5.74) is 0.567. The molecule has 9 heteroatoms. The molecular formula is C18H27ClN4O3S. The third kappa shape index (κ3) is 4.80. The van der Waals surface area contributed by atoms with Crippen LogP contribution < -0.4 is 10.0 Å². The van der Waals surface area contributed by atoms with Crippen molar-refractivity contribution in [1.29, 1.82) is 0 Å². The number of amidine groups is 1. The number of aliphatic imine (C=N–C) groups is 1. The average molecular weight is 415 g/mol. The summed E-state index contributed by atoms with van der Waals surface area (Å²) in [5.74, 6) is 0.400. The van der Waals surface area contributed by atoms with Crippen molar-refractivity contribution < 1.29 is 13.2 Å². The standard InChI is InChI=1S/C18H26N4O3S.ClH/c1-3-10-22(14-8-9-19-12-14)17(23)11-13(2)20-18-15-6-4-5-7-16(15)26(24,25)21-18;/h4-7,13-14,19H,3,8-12H2,1-2H3,(H,20,21);1H. The van der Waals surface area contributed by atoms with Crippen LogP contribution in [-0.4, -0.2) is 56.8 Å². The first-order valence-electron chi connectivity index (χ1n) is 9.12. The molecule has 0 bridgehead atoms. The zero-order chi connectivity index (χ0) is 18.7. The second-order valence-electron chi connectivity index (χ2n) is 6.87. The van der Waals surface area contributed by atoms with Crippen LogP contribution in [-0.2, 0) is 14.8 Å². The second-order valence-corrected chi connectivity index (χ2v) is 8.52. The zero-order valence-corrected chi connectivity index (χ0v) is 17.3. The number of halogens is 1. The van der Waals surface area contributed by atoms with E-state index >= 15 is 0 Å². The number of carbonyl (C=O) groups is 1. The van der Waals surface area contributed by atoms with Crippen LogP contribution >= 0.6 is 12.4 Å². The van der Waals surface area contributed by atoms with Gasteiger partial charge in [-0.2, -0.15) is 0 Å². The van der Waals surface area contributed by atoms with Gasteiger partial charge in [0.05, 0.1) is 10.9 Å². The van der Waals surface area contributed by atoms with Gasteiger partial charge in [0.2, 0.25) is 5.91 Å². The number of hydrogen-bond donors (Lipinski definition) is 2. The van der Waals surface area contributed by atoms with E-state index in [0.717, 1.165) is 32.5 Å². The van der Waals surface area contributed by atoms with Gasteiger partial charge in [-0.05, 0) is 38.4 Å². The van der Waals surface area contributed by atoms with E-state index in [2.05, 4.69) is 22.0 Å². The topological polar surface area (TPSA) is 90.9 Å². The van der Waals surface area contributed by atoms with Crippen LogP contribution in [0, 0.1) is 0 Å². The fourth-order valence-corrected chi connectivity index (χ4v) is 4.76. The van der Waals surface area contributed by atoms with Gasteiger partial charge in [-0.25, -0.2) is 8.42 Å². The summed E-state index contributed by atoms with van der Waals surface area (Å²) in [4.78, 5) is 19.4. The van der Waals surface area contributed by atoms with E-state index < -0.39 is 10.0 Å². The number of rotatable bonds is 6. The Hall–Kier alpha value is -1.64. The van der Waals surface area contributed by atoms with Gasteiger partial charge < -0.3 is 10.2 Å². The largest absolute Gasteiger partial charge is 0.338 e. The minimum atomic E-state index is -3.55. The fraction of sp³-hybridized carbons (Fsp3) is 0.556. The molecule has 1 amide bonds. The summed E-state index contributed by atoms with van der Waals surface area (Å²) >= 11 is 0. The predicted octanol–water partition coefficient (Wildman–Crippen LogP) is 1.53. The number of sulfonamides is 1. The van der Waals surface area contributed by atoms with E-state index in [4.69, 9.17) is 0 Å². The lowest BCUT2D eigenvalue weighted by Gasteiger charge is -2.29. The summed E-state index contributed by atoms with van der Waals surface area (Å²) in [6.07, 6.45) is 2.16. The van der Waals surface area contributed by atoms with E-state index in [1.807, 2.05) is 11.8 Å². The summed E-state index contributed by atoms with van der Waals surface area (Å²) in [7, 11) is -3.55. The van der Waals surface area contributed by atoms with E-state index in [9.17, 15) is 13.2 Å². The number of fused-ring (bicyclic) bond motifs is 1. The van der Waals surface area contributed by atoms with Crippen LogP contribution in [0.15, 0.2) is 34.2 Å². The van der Waals surface area contributed by atoms with Gasteiger partial charge in [0.1, 0.15) is 5.84 Å². The lowest BCUT2D eigenvalue weighted by atomic mass is 10.1. The van der Waals surface area contributed by atoms with Crippen molar-refractivity contribution in [2.24, 2.45) is 4.99 Å². The van der Waals surface area contributed by atoms with E-state index in [0.29, 0.717) is 11.4 Å². The molecule has 1 fully saturated rings. The Morgan fingerprint density at radius 3 is 2.78 bits per heavy atom. The second kappa shape index (κ2) is 9.03. The van der Waals surface area contributed by atoms with Crippen LogP contribution in [0.1, 0.15) is 38.7 Å². The highest BCUT2D eigenvalue weighted by Gasteiger charge is 2.31. The first kappa shape index (κ1) is 21.7. The quantitative estimate of drug-likeness (QED) is 0.738. The molecule has 7 nitrogen and oxygen atoms in total. The normalized spacial score (nSPS) is 22.6. The maximum absolute atomic E-state index is 12.8. The molecule has 2 heterocycles. The van der Waals surface area contributed by atoms with Crippen LogP contribution in [0.25, 0.3) is 0 Å². The van der Waals surface area contributed by atoms with Crippen molar-refractivity contribution >= 4 is 34.2 Å². The van der Waals surface area contributed by atoms with Crippen LogP contribution in [0.2, 0.25) is 0 Å². The van der Waals surface area contributed by atoms with Gasteiger partial charge in [-0.1, -0.05) is 19.1 Å². The minimum absolute atomic E-state index is 0. The Morgan fingerprint density at radius 1 is 1.37 bits per heavy atom. The summed E-state index contributed by atoms with van der Waals surface area (Å²) in [5, 5.41) is 3.30.